The second kappa shape index (κ2) is 19.5. The van der Waals surface area contributed by atoms with Crippen molar-refractivity contribution < 1.29 is 19.1 Å². The number of hydrogen-bond donors (Lipinski definition) is 0. The van der Waals surface area contributed by atoms with Gasteiger partial charge in [-0.2, -0.15) is 0 Å². The molecule has 0 radical (unpaired) electrons. The number of ether oxygens (including phenoxy) is 2. The van der Waals surface area contributed by atoms with Crippen LogP contribution in [0.2, 0.25) is 0 Å². The molecule has 0 fully saturated rings. The molecule has 0 spiro atoms. The van der Waals surface area contributed by atoms with Crippen LogP contribution < -0.4 is 0 Å². The van der Waals surface area contributed by atoms with Crippen molar-refractivity contribution in [1.29, 1.82) is 0 Å². The van der Waals surface area contributed by atoms with E-state index in [1.807, 2.05) is 0 Å². The Morgan fingerprint density at radius 1 is 0.909 bits per heavy atom. The normalized spacial score (nSPS) is 11.6. The number of esters is 1. The number of hydrogen-bond acceptors (Lipinski definition) is 5. The van der Waals surface area contributed by atoms with Crippen molar-refractivity contribution in [3.63, 3.8) is 0 Å². The number of nitrogens with zero attached hydrogens (tertiary/aromatic N) is 1. The zero-order valence-corrected chi connectivity index (χ0v) is 21.8. The summed E-state index contributed by atoms with van der Waals surface area (Å²) in [7, 11) is 0. The molecule has 0 amide bonds. The summed E-state index contributed by atoms with van der Waals surface area (Å²) in [5, 5.41) is 0. The first-order chi connectivity index (χ1) is 15.7. The minimum absolute atomic E-state index is 0.0369. The summed E-state index contributed by atoms with van der Waals surface area (Å²) in [6, 6.07) is 0. The van der Waals surface area contributed by atoms with Crippen molar-refractivity contribution in [2.75, 3.05) is 26.3 Å². The highest BCUT2D eigenvalue weighted by Gasteiger charge is 2.21. The van der Waals surface area contributed by atoms with Crippen LogP contribution in [0, 0.1) is 0 Å². The minimum Gasteiger partial charge on any atom is -0.464 e. The van der Waals surface area contributed by atoms with Gasteiger partial charge in [0.2, 0.25) is 0 Å². The molecule has 5 heteroatoms. The van der Waals surface area contributed by atoms with Crippen molar-refractivity contribution >= 4 is 12.3 Å². The van der Waals surface area contributed by atoms with Crippen molar-refractivity contribution in [1.82, 2.24) is 4.90 Å². The number of carbonyl (C=O) groups is 2. The van der Waals surface area contributed by atoms with Gasteiger partial charge < -0.3 is 9.47 Å². The third-order valence-corrected chi connectivity index (χ3v) is 5.17. The molecule has 0 heterocycles. The van der Waals surface area contributed by atoms with E-state index >= 15 is 0 Å². The molecule has 33 heavy (non-hydrogen) atoms. The van der Waals surface area contributed by atoms with E-state index in [0.717, 1.165) is 56.0 Å². The fourth-order valence-electron chi connectivity index (χ4n) is 3.11. The maximum atomic E-state index is 12.4. The van der Waals surface area contributed by atoms with Crippen LogP contribution in [0.15, 0.2) is 47.6 Å². The Morgan fingerprint density at radius 3 is 1.94 bits per heavy atom. The number of unbranched alkanes of at least 4 members (excludes halogenated alkanes) is 1. The summed E-state index contributed by atoms with van der Waals surface area (Å²) in [4.78, 5) is 25.8. The average Bonchev–Trinajstić information content (AvgIpc) is 2.73. The van der Waals surface area contributed by atoms with E-state index < -0.39 is 6.23 Å². The summed E-state index contributed by atoms with van der Waals surface area (Å²) in [5.74, 6) is -0.343. The topological polar surface area (TPSA) is 55.8 Å². The molecule has 1 unspecified atom stereocenters. The second-order valence-electron chi connectivity index (χ2n) is 9.08. The number of allylic oxidation sites excluding steroid dienone is 4. The molecule has 5 nitrogen and oxygen atoms in total. The third-order valence-electron chi connectivity index (χ3n) is 5.17. The highest BCUT2D eigenvalue weighted by atomic mass is 16.5. The zero-order chi connectivity index (χ0) is 25.1. The van der Waals surface area contributed by atoms with E-state index in [2.05, 4.69) is 59.9 Å². The van der Waals surface area contributed by atoms with Crippen LogP contribution in [0.5, 0.6) is 0 Å². The molecule has 0 aliphatic rings. The van der Waals surface area contributed by atoms with Gasteiger partial charge in [-0.3, -0.25) is 14.5 Å². The van der Waals surface area contributed by atoms with Crippen LogP contribution in [0.3, 0.4) is 0 Å². The van der Waals surface area contributed by atoms with Gasteiger partial charge >= 0.3 is 5.97 Å². The first kappa shape index (κ1) is 31.0. The molecule has 0 saturated heterocycles. The molecule has 0 aliphatic carbocycles. The molecule has 188 valence electrons. The van der Waals surface area contributed by atoms with Gasteiger partial charge in [-0.05, 0) is 66.2 Å². The van der Waals surface area contributed by atoms with Gasteiger partial charge in [0.25, 0.3) is 0 Å². The Hall–Kier alpha value is -1.98. The predicted octanol–water partition coefficient (Wildman–Crippen LogP) is 6.56. The Balaban J connectivity index is 4.51. The van der Waals surface area contributed by atoms with E-state index in [-0.39, 0.29) is 12.5 Å². The average molecular weight is 462 g/mol. The molecule has 0 bridgehead atoms. The van der Waals surface area contributed by atoms with E-state index in [1.54, 1.807) is 4.90 Å². The minimum atomic E-state index is -0.756. The highest BCUT2D eigenvalue weighted by Crippen LogP contribution is 2.12. The fraction of sp³-hybridized carbons (Fsp3) is 0.643. The second-order valence-corrected chi connectivity index (χ2v) is 9.08. The molecule has 0 N–H and O–H groups in total. The maximum Gasteiger partial charge on any atom is 0.320 e. The standard InChI is InChI=1S/C28H47NO4/c1-8-9-18-29(21-28(31)33-20-17-26(7)15-11-13-24(4)5)27(22-30)32-19-16-25(6)14-10-12-23(2)3/h12-13,22,27H,6-11,14-21H2,1-5H3. The number of carbonyl (C=O) groups excluding carboxylic acids is 2. The quantitative estimate of drug-likeness (QED) is 0.0889. The van der Waals surface area contributed by atoms with Gasteiger partial charge in [0, 0.05) is 13.0 Å². The van der Waals surface area contributed by atoms with E-state index in [9.17, 15) is 9.59 Å². The summed E-state index contributed by atoms with van der Waals surface area (Å²) in [5.41, 5.74) is 4.76. The smallest absolute Gasteiger partial charge is 0.320 e. The first-order valence-corrected chi connectivity index (χ1v) is 12.3. The highest BCUT2D eigenvalue weighted by molar-refractivity contribution is 5.72. The lowest BCUT2D eigenvalue weighted by Gasteiger charge is -2.27. The lowest BCUT2D eigenvalue weighted by Crippen LogP contribution is -2.43. The van der Waals surface area contributed by atoms with Gasteiger partial charge in [-0.1, -0.05) is 60.9 Å². The van der Waals surface area contributed by atoms with Crippen LogP contribution in [-0.4, -0.2) is 49.7 Å². The molecule has 0 aromatic carbocycles. The zero-order valence-electron chi connectivity index (χ0n) is 21.8. The molecular formula is C28H47NO4. The predicted molar refractivity (Wildman–Crippen MR) is 138 cm³/mol. The number of aldehydes is 1. The monoisotopic (exact) mass is 461 g/mol. The fourth-order valence-corrected chi connectivity index (χ4v) is 3.11. The van der Waals surface area contributed by atoms with Crippen LogP contribution in [-0.2, 0) is 19.1 Å². The molecule has 0 aromatic heterocycles. The van der Waals surface area contributed by atoms with Crippen molar-refractivity contribution in [3.8, 4) is 0 Å². The Bertz CT molecular complexity index is 655. The lowest BCUT2D eigenvalue weighted by atomic mass is 10.1. The summed E-state index contributed by atoms with van der Waals surface area (Å²) < 4.78 is 11.2. The third kappa shape index (κ3) is 18.2. The van der Waals surface area contributed by atoms with Gasteiger partial charge in [0.05, 0.1) is 19.8 Å². The van der Waals surface area contributed by atoms with Crippen molar-refractivity contribution in [3.05, 3.63) is 47.6 Å². The molecule has 0 rings (SSSR count). The molecular weight excluding hydrogens is 414 g/mol. The summed E-state index contributed by atoms with van der Waals surface area (Å²) in [6.07, 6.45) is 11.3. The number of rotatable bonds is 20. The summed E-state index contributed by atoms with van der Waals surface area (Å²) >= 11 is 0. The van der Waals surface area contributed by atoms with Crippen molar-refractivity contribution in [2.24, 2.45) is 0 Å². The molecule has 0 aromatic rings. The van der Waals surface area contributed by atoms with E-state index in [4.69, 9.17) is 9.47 Å². The lowest BCUT2D eigenvalue weighted by molar-refractivity contribution is -0.151. The van der Waals surface area contributed by atoms with Gasteiger partial charge in [0.1, 0.15) is 0 Å². The SMILES string of the molecule is C=C(CCC=C(C)C)CCOC(=O)CN(CCCC)C(C=O)OCCC(=C)CCC=C(C)C. The molecule has 0 saturated carbocycles. The maximum absolute atomic E-state index is 12.4. The summed E-state index contributed by atoms with van der Waals surface area (Å²) in [6.45, 7) is 19.9. The Morgan fingerprint density at radius 2 is 1.45 bits per heavy atom. The first-order valence-electron chi connectivity index (χ1n) is 12.3. The van der Waals surface area contributed by atoms with Crippen LogP contribution >= 0.6 is 0 Å². The van der Waals surface area contributed by atoms with Gasteiger partial charge in [0.15, 0.2) is 12.5 Å². The largest absolute Gasteiger partial charge is 0.464 e. The van der Waals surface area contributed by atoms with Crippen molar-refractivity contribution in [2.45, 2.75) is 92.2 Å². The van der Waals surface area contributed by atoms with Gasteiger partial charge in [-0.15, -0.1) is 0 Å². The molecule has 0 aliphatic heterocycles. The van der Waals surface area contributed by atoms with E-state index in [1.165, 1.54) is 11.1 Å². The Kier molecular flexibility index (Phi) is 18.3. The van der Waals surface area contributed by atoms with Crippen LogP contribution in [0.4, 0.5) is 0 Å². The van der Waals surface area contributed by atoms with Crippen LogP contribution in [0.1, 0.15) is 86.0 Å². The van der Waals surface area contributed by atoms with Gasteiger partial charge in [-0.25, -0.2) is 0 Å². The Labute approximate surface area is 202 Å². The molecule has 1 atom stereocenters. The van der Waals surface area contributed by atoms with E-state index in [0.29, 0.717) is 32.6 Å². The van der Waals surface area contributed by atoms with Crippen LogP contribution in [0.25, 0.3) is 0 Å².